The number of nitrogens with one attached hydrogen (secondary N) is 1. The number of methoxy groups -OCH3 is 1. The molecule has 0 bridgehead atoms. The Bertz CT molecular complexity index is 1040. The van der Waals surface area contributed by atoms with Crippen LogP contribution in [0.25, 0.3) is 33.9 Å². The van der Waals surface area contributed by atoms with Crippen molar-refractivity contribution in [3.05, 3.63) is 58.0 Å². The normalized spacial score (nSPS) is 11.1. The van der Waals surface area contributed by atoms with E-state index in [0.29, 0.717) is 16.6 Å². The topological polar surface area (TPSA) is 51.1 Å². The lowest BCUT2D eigenvalue weighted by Crippen LogP contribution is -1.81. The highest BCUT2D eigenvalue weighted by Gasteiger charge is 2.13. The Morgan fingerprint density at radius 2 is 1.92 bits per heavy atom. The molecule has 1 N–H and O–H groups in total. The molecule has 120 valence electrons. The quantitative estimate of drug-likeness (QED) is 0.462. The lowest BCUT2D eigenvalue weighted by molar-refractivity contribution is 0.415. The summed E-state index contributed by atoms with van der Waals surface area (Å²) in [5.41, 5.74) is 2.69. The zero-order valence-corrected chi connectivity index (χ0v) is 15.0. The summed E-state index contributed by atoms with van der Waals surface area (Å²) in [7, 11) is 1.64. The van der Waals surface area contributed by atoms with Crippen molar-refractivity contribution in [3.63, 3.8) is 0 Å². The third kappa shape index (κ3) is 2.70. The molecule has 4 nitrogen and oxygen atoms in total. The van der Waals surface area contributed by atoms with Gasteiger partial charge in [0.05, 0.1) is 18.1 Å². The third-order valence-corrected chi connectivity index (χ3v) is 4.62. The van der Waals surface area contributed by atoms with Crippen molar-refractivity contribution in [1.82, 2.24) is 9.97 Å². The van der Waals surface area contributed by atoms with Crippen molar-refractivity contribution in [2.45, 2.75) is 0 Å². The van der Waals surface area contributed by atoms with Gasteiger partial charge in [-0.1, -0.05) is 11.6 Å². The number of hydrogen-bond acceptors (Lipinski definition) is 3. The fraction of sp³-hybridized carbons (Fsp3) is 0.0556. The summed E-state index contributed by atoms with van der Waals surface area (Å²) in [6.45, 7) is 0. The Morgan fingerprint density at radius 3 is 2.71 bits per heavy atom. The number of benzene rings is 2. The highest BCUT2D eigenvalue weighted by atomic mass is 79.9. The molecule has 0 aliphatic heterocycles. The van der Waals surface area contributed by atoms with Crippen LogP contribution in [0.5, 0.6) is 5.75 Å². The van der Waals surface area contributed by atoms with Crippen molar-refractivity contribution in [3.8, 4) is 28.7 Å². The Balaban J connectivity index is 1.74. The highest BCUT2D eigenvalue weighted by Crippen LogP contribution is 2.34. The molecule has 0 spiro atoms. The van der Waals surface area contributed by atoms with E-state index < -0.39 is 0 Å². The van der Waals surface area contributed by atoms with Crippen LogP contribution in [0.1, 0.15) is 0 Å². The minimum absolute atomic E-state index is 0.669. The minimum Gasteiger partial charge on any atom is -0.497 e. The molecular weight excluding hydrogens is 392 g/mol. The molecule has 0 saturated carbocycles. The lowest BCUT2D eigenvalue weighted by atomic mass is 10.2. The monoisotopic (exact) mass is 402 g/mol. The van der Waals surface area contributed by atoms with E-state index in [1.54, 1.807) is 7.11 Å². The van der Waals surface area contributed by atoms with Gasteiger partial charge >= 0.3 is 0 Å². The molecule has 4 rings (SSSR count). The number of rotatable bonds is 3. The summed E-state index contributed by atoms with van der Waals surface area (Å²) < 4.78 is 12.1. The maximum absolute atomic E-state index is 5.99. The predicted molar refractivity (Wildman–Crippen MR) is 98.5 cm³/mol. The van der Waals surface area contributed by atoms with Gasteiger partial charge in [0.25, 0.3) is 0 Å². The molecule has 0 aliphatic carbocycles. The van der Waals surface area contributed by atoms with E-state index in [1.165, 1.54) is 0 Å². The number of aromatic nitrogens is 2. The number of aromatic amines is 1. The van der Waals surface area contributed by atoms with Crippen LogP contribution in [0.2, 0.25) is 5.02 Å². The first-order chi connectivity index (χ1) is 11.6. The first kappa shape index (κ1) is 15.3. The van der Waals surface area contributed by atoms with E-state index >= 15 is 0 Å². The first-order valence-electron chi connectivity index (χ1n) is 7.23. The van der Waals surface area contributed by atoms with Gasteiger partial charge in [0.2, 0.25) is 0 Å². The summed E-state index contributed by atoms with van der Waals surface area (Å²) in [4.78, 5) is 7.82. The summed E-state index contributed by atoms with van der Waals surface area (Å²) in [5, 5.41) is 0.670. The summed E-state index contributed by atoms with van der Waals surface area (Å²) in [6, 6.07) is 15.1. The van der Waals surface area contributed by atoms with Gasteiger partial charge in [-0.25, -0.2) is 4.98 Å². The fourth-order valence-electron chi connectivity index (χ4n) is 2.53. The summed E-state index contributed by atoms with van der Waals surface area (Å²) >= 11 is 9.50. The average Bonchev–Trinajstić information content (AvgIpc) is 3.20. The molecule has 0 saturated heterocycles. The minimum atomic E-state index is 0.669. The Labute approximate surface area is 151 Å². The molecule has 0 atom stereocenters. The van der Waals surface area contributed by atoms with E-state index in [2.05, 4.69) is 25.9 Å². The zero-order valence-electron chi connectivity index (χ0n) is 12.6. The Morgan fingerprint density at radius 1 is 1.08 bits per heavy atom. The van der Waals surface area contributed by atoms with Crippen LogP contribution in [-0.4, -0.2) is 17.1 Å². The van der Waals surface area contributed by atoms with Gasteiger partial charge in [-0.15, -0.1) is 0 Å². The number of furan rings is 1. The predicted octanol–water partition coefficient (Wildman–Crippen LogP) is 5.91. The fourth-order valence-corrected chi connectivity index (χ4v) is 3.41. The average molecular weight is 404 g/mol. The second-order valence-corrected chi connectivity index (χ2v) is 6.55. The lowest BCUT2D eigenvalue weighted by Gasteiger charge is -2.01. The molecule has 6 heteroatoms. The molecule has 2 heterocycles. The van der Waals surface area contributed by atoms with Crippen LogP contribution in [0.15, 0.2) is 57.4 Å². The molecule has 24 heavy (non-hydrogen) atoms. The second-order valence-electron chi connectivity index (χ2n) is 5.26. The van der Waals surface area contributed by atoms with E-state index in [-0.39, 0.29) is 0 Å². The van der Waals surface area contributed by atoms with Gasteiger partial charge in [0, 0.05) is 21.1 Å². The van der Waals surface area contributed by atoms with Crippen LogP contribution >= 0.6 is 27.5 Å². The van der Waals surface area contributed by atoms with Crippen LogP contribution in [-0.2, 0) is 0 Å². The second kappa shape index (κ2) is 6.00. The molecule has 2 aromatic carbocycles. The summed E-state index contributed by atoms with van der Waals surface area (Å²) in [6.07, 6.45) is 0. The van der Waals surface area contributed by atoms with Crippen LogP contribution in [0, 0.1) is 0 Å². The molecule has 4 aromatic rings. The van der Waals surface area contributed by atoms with Gasteiger partial charge < -0.3 is 14.1 Å². The molecule has 2 aromatic heterocycles. The van der Waals surface area contributed by atoms with Crippen molar-refractivity contribution >= 4 is 38.6 Å². The number of ether oxygens (including phenoxy) is 1. The number of nitrogens with zero attached hydrogens (tertiary/aromatic N) is 1. The molecular formula is C18H12BrClN2O2. The van der Waals surface area contributed by atoms with E-state index in [0.717, 1.165) is 32.6 Å². The maximum Gasteiger partial charge on any atom is 0.174 e. The van der Waals surface area contributed by atoms with E-state index in [1.807, 2.05) is 48.5 Å². The van der Waals surface area contributed by atoms with E-state index in [4.69, 9.17) is 20.8 Å². The summed E-state index contributed by atoms with van der Waals surface area (Å²) in [5.74, 6) is 2.87. The van der Waals surface area contributed by atoms with Gasteiger partial charge in [0.1, 0.15) is 11.5 Å². The first-order valence-corrected chi connectivity index (χ1v) is 8.40. The van der Waals surface area contributed by atoms with Crippen molar-refractivity contribution in [2.24, 2.45) is 0 Å². The molecule has 0 fully saturated rings. The number of H-pyrrole nitrogens is 1. The van der Waals surface area contributed by atoms with Gasteiger partial charge in [-0.3, -0.25) is 0 Å². The largest absolute Gasteiger partial charge is 0.497 e. The SMILES string of the molecule is COc1ccc2nc(-c3ccc(-c4ccc(Cl)cc4Br)o3)[nH]c2c1. The molecule has 0 radical (unpaired) electrons. The van der Waals surface area contributed by atoms with Crippen molar-refractivity contribution in [1.29, 1.82) is 0 Å². The van der Waals surface area contributed by atoms with Crippen LogP contribution in [0.3, 0.4) is 0 Å². The third-order valence-electron chi connectivity index (χ3n) is 3.73. The molecule has 0 aliphatic rings. The van der Waals surface area contributed by atoms with Crippen LogP contribution in [0.4, 0.5) is 0 Å². The Hall–Kier alpha value is -2.24. The van der Waals surface area contributed by atoms with Crippen LogP contribution < -0.4 is 4.74 Å². The standard InChI is InChI=1S/C18H12BrClN2O2/c1-23-11-3-5-14-15(9-11)22-18(21-14)17-7-6-16(24-17)12-4-2-10(20)8-13(12)19/h2-9H,1H3,(H,21,22). The smallest absolute Gasteiger partial charge is 0.174 e. The van der Waals surface area contributed by atoms with Crippen molar-refractivity contribution in [2.75, 3.05) is 7.11 Å². The molecule has 0 amide bonds. The molecule has 0 unspecified atom stereocenters. The van der Waals surface area contributed by atoms with Gasteiger partial charge in [0.15, 0.2) is 11.6 Å². The van der Waals surface area contributed by atoms with Crippen molar-refractivity contribution < 1.29 is 9.15 Å². The number of fused-ring (bicyclic) bond motifs is 1. The number of imidazole rings is 1. The Kier molecular flexibility index (Phi) is 3.82. The maximum atomic E-state index is 5.99. The number of halogens is 2. The van der Waals surface area contributed by atoms with E-state index in [9.17, 15) is 0 Å². The number of hydrogen-bond donors (Lipinski definition) is 1. The zero-order chi connectivity index (χ0) is 16.7. The van der Waals surface area contributed by atoms with Gasteiger partial charge in [-0.05, 0) is 58.4 Å². The van der Waals surface area contributed by atoms with Gasteiger partial charge in [-0.2, -0.15) is 0 Å². The highest BCUT2D eigenvalue weighted by molar-refractivity contribution is 9.10.